The molecule has 0 unspecified atom stereocenters. The molecule has 0 radical (unpaired) electrons. The maximum Gasteiger partial charge on any atom is 0.224 e. The van der Waals surface area contributed by atoms with Crippen LogP contribution in [0.3, 0.4) is 0 Å². The van der Waals surface area contributed by atoms with Gasteiger partial charge in [-0.15, -0.1) is 0 Å². The molecule has 1 aromatic rings. The molecule has 3 N–H and O–H groups in total. The van der Waals surface area contributed by atoms with Gasteiger partial charge in [0.1, 0.15) is 0 Å². The van der Waals surface area contributed by atoms with E-state index < -0.39 is 0 Å². The van der Waals surface area contributed by atoms with Crippen molar-refractivity contribution in [2.75, 3.05) is 11.9 Å². The zero-order valence-corrected chi connectivity index (χ0v) is 11.7. The molecule has 0 aliphatic rings. The molecule has 0 aliphatic carbocycles. The predicted molar refractivity (Wildman–Crippen MR) is 73.2 cm³/mol. The predicted octanol–water partition coefficient (Wildman–Crippen LogP) is 1.68. The number of nitrogens with two attached hydrogens (primary N) is 1. The number of nitrogens with zero attached hydrogens (tertiary/aromatic N) is 2. The Morgan fingerprint density at radius 2 is 2.22 bits per heavy atom. The van der Waals surface area contributed by atoms with E-state index in [4.69, 9.17) is 5.73 Å². The summed E-state index contributed by atoms with van der Waals surface area (Å²) in [6.45, 7) is 6.72. The number of hydrogen-bond donors (Lipinski definition) is 2. The minimum Gasteiger partial charge on any atom is -0.330 e. The second kappa shape index (κ2) is 6.54. The Bertz CT molecular complexity index is 398. The van der Waals surface area contributed by atoms with E-state index in [1.807, 2.05) is 20.2 Å². The quantitative estimate of drug-likeness (QED) is 0.809. The Labute approximate surface area is 109 Å². The summed E-state index contributed by atoms with van der Waals surface area (Å²) in [5, 5.41) is 7.08. The molecular weight excluding hydrogens is 228 g/mol. The van der Waals surface area contributed by atoms with Gasteiger partial charge >= 0.3 is 0 Å². The van der Waals surface area contributed by atoms with Crippen LogP contribution in [0.15, 0.2) is 6.20 Å². The lowest BCUT2D eigenvalue weighted by molar-refractivity contribution is -0.117. The Morgan fingerprint density at radius 1 is 1.56 bits per heavy atom. The average Bonchev–Trinajstić information content (AvgIpc) is 2.55. The van der Waals surface area contributed by atoms with Crippen LogP contribution in [0.2, 0.25) is 0 Å². The molecule has 1 heterocycles. The molecule has 102 valence electrons. The number of anilines is 1. The molecule has 0 saturated carbocycles. The first kappa shape index (κ1) is 14.7. The van der Waals surface area contributed by atoms with E-state index in [1.54, 1.807) is 4.68 Å². The maximum atomic E-state index is 11.9. The highest BCUT2D eigenvalue weighted by atomic mass is 16.1. The van der Waals surface area contributed by atoms with Crippen LogP contribution in [0, 0.1) is 18.8 Å². The summed E-state index contributed by atoms with van der Waals surface area (Å²) in [4.78, 5) is 11.9. The maximum absolute atomic E-state index is 11.9. The van der Waals surface area contributed by atoms with Crippen LogP contribution in [-0.2, 0) is 11.8 Å². The van der Waals surface area contributed by atoms with Gasteiger partial charge in [-0.05, 0) is 31.7 Å². The molecule has 5 heteroatoms. The van der Waals surface area contributed by atoms with Crippen molar-refractivity contribution < 1.29 is 4.79 Å². The van der Waals surface area contributed by atoms with Crippen molar-refractivity contribution in [3.05, 3.63) is 11.9 Å². The van der Waals surface area contributed by atoms with Crippen molar-refractivity contribution in [2.45, 2.75) is 33.6 Å². The van der Waals surface area contributed by atoms with E-state index in [9.17, 15) is 4.79 Å². The summed E-state index contributed by atoms with van der Waals surface area (Å²) in [6, 6.07) is 0. The molecule has 0 aliphatic heterocycles. The molecule has 0 bridgehead atoms. The summed E-state index contributed by atoms with van der Waals surface area (Å²) in [6.07, 6.45) is 3.27. The molecule has 0 spiro atoms. The number of aryl methyl sites for hydroxylation is 2. The fraction of sp³-hybridized carbons (Fsp3) is 0.692. The summed E-state index contributed by atoms with van der Waals surface area (Å²) < 4.78 is 1.69. The highest BCUT2D eigenvalue weighted by Crippen LogP contribution is 2.17. The highest BCUT2D eigenvalue weighted by Gasteiger charge is 2.15. The van der Waals surface area contributed by atoms with Crippen LogP contribution in [0.5, 0.6) is 0 Å². The van der Waals surface area contributed by atoms with Gasteiger partial charge in [0, 0.05) is 19.7 Å². The molecule has 0 saturated heterocycles. The number of aromatic nitrogens is 2. The standard InChI is InChI=1S/C13H24N4O/c1-9(2)5-11(7-14)6-13(18)15-12-8-17(4)16-10(12)3/h8-9,11H,5-7,14H2,1-4H3,(H,15,18)/t11-/m0/s1. The van der Waals surface area contributed by atoms with Crippen molar-refractivity contribution in [1.29, 1.82) is 0 Å². The van der Waals surface area contributed by atoms with Crippen molar-refractivity contribution in [3.8, 4) is 0 Å². The normalized spacial score (nSPS) is 12.8. The Kier molecular flexibility index (Phi) is 5.34. The number of amides is 1. The van der Waals surface area contributed by atoms with Crippen molar-refractivity contribution >= 4 is 11.6 Å². The largest absolute Gasteiger partial charge is 0.330 e. The zero-order valence-electron chi connectivity index (χ0n) is 11.7. The van der Waals surface area contributed by atoms with Crippen molar-refractivity contribution in [2.24, 2.45) is 24.6 Å². The molecule has 1 atom stereocenters. The molecular formula is C13H24N4O. The molecule has 0 aromatic carbocycles. The fourth-order valence-electron chi connectivity index (χ4n) is 2.12. The van der Waals surface area contributed by atoms with Crippen LogP contribution in [0.1, 0.15) is 32.4 Å². The Balaban J connectivity index is 2.52. The van der Waals surface area contributed by atoms with E-state index in [-0.39, 0.29) is 11.8 Å². The van der Waals surface area contributed by atoms with Crippen molar-refractivity contribution in [3.63, 3.8) is 0 Å². The number of rotatable bonds is 6. The Morgan fingerprint density at radius 3 is 2.67 bits per heavy atom. The highest BCUT2D eigenvalue weighted by molar-refractivity contribution is 5.91. The molecule has 0 fully saturated rings. The SMILES string of the molecule is Cc1nn(C)cc1NC(=O)C[C@@H](CN)CC(C)C. The zero-order chi connectivity index (χ0) is 13.7. The summed E-state index contributed by atoms with van der Waals surface area (Å²) in [5.74, 6) is 0.829. The average molecular weight is 252 g/mol. The lowest BCUT2D eigenvalue weighted by atomic mass is 9.94. The van der Waals surface area contributed by atoms with Crippen LogP contribution >= 0.6 is 0 Å². The van der Waals surface area contributed by atoms with Gasteiger partial charge in [0.15, 0.2) is 0 Å². The number of hydrogen-bond acceptors (Lipinski definition) is 3. The van der Waals surface area contributed by atoms with Gasteiger partial charge < -0.3 is 11.1 Å². The van der Waals surface area contributed by atoms with Gasteiger partial charge in [-0.25, -0.2) is 0 Å². The van der Waals surface area contributed by atoms with Gasteiger partial charge in [0.2, 0.25) is 5.91 Å². The van der Waals surface area contributed by atoms with Gasteiger partial charge in [-0.3, -0.25) is 9.48 Å². The van der Waals surface area contributed by atoms with Crippen LogP contribution < -0.4 is 11.1 Å². The Hall–Kier alpha value is -1.36. The van der Waals surface area contributed by atoms with Crippen LogP contribution in [0.4, 0.5) is 5.69 Å². The summed E-state index contributed by atoms with van der Waals surface area (Å²) >= 11 is 0. The topological polar surface area (TPSA) is 72.9 Å². The van der Waals surface area contributed by atoms with E-state index in [1.165, 1.54) is 0 Å². The van der Waals surface area contributed by atoms with Gasteiger partial charge in [-0.1, -0.05) is 13.8 Å². The van der Waals surface area contributed by atoms with Gasteiger partial charge in [-0.2, -0.15) is 5.10 Å². The monoisotopic (exact) mass is 252 g/mol. The molecule has 1 aromatic heterocycles. The molecule has 1 amide bonds. The molecule has 1 rings (SSSR count). The number of carbonyl (C=O) groups excluding carboxylic acids is 1. The van der Waals surface area contributed by atoms with E-state index >= 15 is 0 Å². The molecule has 5 nitrogen and oxygen atoms in total. The summed E-state index contributed by atoms with van der Waals surface area (Å²) in [5.41, 5.74) is 7.31. The second-order valence-electron chi connectivity index (χ2n) is 5.29. The third-order valence-corrected chi connectivity index (χ3v) is 2.90. The summed E-state index contributed by atoms with van der Waals surface area (Å²) in [7, 11) is 1.84. The van der Waals surface area contributed by atoms with E-state index in [0.717, 1.165) is 17.8 Å². The lowest BCUT2D eigenvalue weighted by Gasteiger charge is -2.16. The van der Waals surface area contributed by atoms with E-state index in [0.29, 0.717) is 18.9 Å². The van der Waals surface area contributed by atoms with Crippen molar-refractivity contribution in [1.82, 2.24) is 9.78 Å². The third-order valence-electron chi connectivity index (χ3n) is 2.90. The second-order valence-corrected chi connectivity index (χ2v) is 5.29. The number of nitrogens with one attached hydrogen (secondary N) is 1. The van der Waals surface area contributed by atoms with E-state index in [2.05, 4.69) is 24.3 Å². The van der Waals surface area contributed by atoms with Crippen LogP contribution in [0.25, 0.3) is 0 Å². The fourth-order valence-corrected chi connectivity index (χ4v) is 2.12. The first-order chi connectivity index (χ1) is 8.42. The van der Waals surface area contributed by atoms with Gasteiger partial charge in [0.05, 0.1) is 11.4 Å². The van der Waals surface area contributed by atoms with Crippen LogP contribution in [-0.4, -0.2) is 22.2 Å². The van der Waals surface area contributed by atoms with Gasteiger partial charge in [0.25, 0.3) is 0 Å². The smallest absolute Gasteiger partial charge is 0.224 e. The number of carbonyl (C=O) groups is 1. The first-order valence-corrected chi connectivity index (χ1v) is 6.42. The minimum absolute atomic E-state index is 0.0159. The first-order valence-electron chi connectivity index (χ1n) is 6.42. The lowest BCUT2D eigenvalue weighted by Crippen LogP contribution is -2.23. The third kappa shape index (κ3) is 4.49. The molecule has 18 heavy (non-hydrogen) atoms. The minimum atomic E-state index is 0.0159.